The number of hydrogen-bond acceptors (Lipinski definition) is 5. The van der Waals surface area contributed by atoms with Gasteiger partial charge in [-0.15, -0.1) is 0 Å². The van der Waals surface area contributed by atoms with E-state index in [-0.39, 0.29) is 5.92 Å². The Morgan fingerprint density at radius 3 is 2.63 bits per heavy atom. The zero-order chi connectivity index (χ0) is 18.4. The first-order valence-electron chi connectivity index (χ1n) is 9.20. The Balaban J connectivity index is 1.20. The molecule has 2 aromatic heterocycles. The average molecular weight is 443 g/mol. The smallest absolute Gasteiger partial charge is 0.226 e. The molecule has 1 aliphatic heterocycles. The fourth-order valence-electron chi connectivity index (χ4n) is 3.79. The van der Waals surface area contributed by atoms with Crippen LogP contribution >= 0.6 is 27.3 Å². The number of carbonyl (C=O) groups excluding carboxylic acids is 1. The first-order chi connectivity index (χ1) is 13.2. The van der Waals surface area contributed by atoms with Crippen molar-refractivity contribution in [2.75, 3.05) is 31.1 Å². The lowest BCUT2D eigenvalue weighted by molar-refractivity contribution is -0.132. The van der Waals surface area contributed by atoms with Crippen LogP contribution in [0.25, 0.3) is 10.3 Å². The molecule has 1 aromatic carbocycles. The van der Waals surface area contributed by atoms with Crippen molar-refractivity contribution in [1.29, 1.82) is 0 Å². The number of fused-ring (bicyclic) bond motifs is 1. The summed E-state index contributed by atoms with van der Waals surface area (Å²) in [4.78, 5) is 27.2. The van der Waals surface area contributed by atoms with E-state index in [1.807, 2.05) is 17.0 Å². The first-order valence-corrected chi connectivity index (χ1v) is 10.8. The molecule has 5 rings (SSSR count). The summed E-state index contributed by atoms with van der Waals surface area (Å²) in [5.74, 6) is 0.858. The predicted molar refractivity (Wildman–Crippen MR) is 111 cm³/mol. The molecule has 1 saturated carbocycles. The van der Waals surface area contributed by atoms with Gasteiger partial charge in [0, 0.05) is 42.8 Å². The maximum Gasteiger partial charge on any atom is 0.226 e. The van der Waals surface area contributed by atoms with Crippen LogP contribution in [0.5, 0.6) is 0 Å². The molecule has 0 bridgehead atoms. The summed E-state index contributed by atoms with van der Waals surface area (Å²) >= 11 is 5.10. The first kappa shape index (κ1) is 17.1. The number of aromatic nitrogens is 2. The summed E-state index contributed by atoms with van der Waals surface area (Å²) in [6.07, 6.45) is 2.78. The molecule has 138 valence electrons. The van der Waals surface area contributed by atoms with E-state index in [1.165, 1.54) is 5.56 Å². The van der Waals surface area contributed by atoms with E-state index in [4.69, 9.17) is 0 Å². The summed E-state index contributed by atoms with van der Waals surface area (Å²) in [7, 11) is 0. The molecule has 0 N–H and O–H groups in total. The maximum absolute atomic E-state index is 12.9. The van der Waals surface area contributed by atoms with Gasteiger partial charge in [-0.2, -0.15) is 0 Å². The largest absolute Gasteiger partial charge is 0.344 e. The van der Waals surface area contributed by atoms with Crippen molar-refractivity contribution in [2.45, 2.75) is 12.3 Å². The minimum Gasteiger partial charge on any atom is -0.344 e. The predicted octanol–water partition coefficient (Wildman–Crippen LogP) is 3.91. The highest BCUT2D eigenvalue weighted by Gasteiger charge is 2.46. The highest BCUT2D eigenvalue weighted by atomic mass is 79.9. The number of benzene rings is 1. The minimum absolute atomic E-state index is 0.157. The molecular formula is C20H19BrN4OS. The van der Waals surface area contributed by atoms with Gasteiger partial charge in [0.2, 0.25) is 5.91 Å². The fraction of sp³-hybridized carbons (Fsp3) is 0.350. The summed E-state index contributed by atoms with van der Waals surface area (Å²) in [6, 6.07) is 12.3. The van der Waals surface area contributed by atoms with Crippen LogP contribution in [0.1, 0.15) is 17.9 Å². The van der Waals surface area contributed by atoms with Gasteiger partial charge in [0.25, 0.3) is 0 Å². The van der Waals surface area contributed by atoms with E-state index < -0.39 is 0 Å². The lowest BCUT2D eigenvalue weighted by Gasteiger charge is -2.34. The Morgan fingerprint density at radius 1 is 1.11 bits per heavy atom. The van der Waals surface area contributed by atoms with Gasteiger partial charge < -0.3 is 9.80 Å². The molecule has 3 aromatic rings. The number of piperazine rings is 1. The van der Waals surface area contributed by atoms with Crippen LogP contribution in [0.4, 0.5) is 5.13 Å². The van der Waals surface area contributed by atoms with Crippen LogP contribution in [0, 0.1) is 5.92 Å². The second-order valence-electron chi connectivity index (χ2n) is 7.14. The Hall–Kier alpha value is -1.99. The van der Waals surface area contributed by atoms with Gasteiger partial charge in [-0.1, -0.05) is 39.4 Å². The highest BCUT2D eigenvalue weighted by Crippen LogP contribution is 2.48. The number of hydrogen-bond donors (Lipinski definition) is 0. The van der Waals surface area contributed by atoms with E-state index in [1.54, 1.807) is 17.5 Å². The zero-order valence-electron chi connectivity index (χ0n) is 14.7. The molecule has 1 amide bonds. The molecule has 5 nitrogen and oxygen atoms in total. The van der Waals surface area contributed by atoms with Gasteiger partial charge in [-0.05, 0) is 42.2 Å². The van der Waals surface area contributed by atoms with Crippen molar-refractivity contribution in [3.05, 3.63) is 52.6 Å². The number of nitrogens with zero attached hydrogens (tertiary/aromatic N) is 4. The fourth-order valence-corrected chi connectivity index (χ4v) is 5.02. The van der Waals surface area contributed by atoms with E-state index in [9.17, 15) is 4.79 Å². The Bertz CT molecular complexity index is 948. The van der Waals surface area contributed by atoms with Gasteiger partial charge in [0.1, 0.15) is 10.3 Å². The topological polar surface area (TPSA) is 49.3 Å². The second-order valence-corrected chi connectivity index (χ2v) is 9.01. The van der Waals surface area contributed by atoms with Crippen molar-refractivity contribution in [2.24, 2.45) is 5.92 Å². The lowest BCUT2D eigenvalue weighted by Crippen LogP contribution is -2.49. The molecule has 3 heterocycles. The second kappa shape index (κ2) is 6.87. The molecule has 2 atom stereocenters. The van der Waals surface area contributed by atoms with Gasteiger partial charge in [0.05, 0.1) is 0 Å². The van der Waals surface area contributed by atoms with Crippen molar-refractivity contribution in [3.8, 4) is 0 Å². The van der Waals surface area contributed by atoms with Crippen LogP contribution in [-0.2, 0) is 4.79 Å². The van der Waals surface area contributed by atoms with Crippen LogP contribution in [0.2, 0.25) is 0 Å². The van der Waals surface area contributed by atoms with Crippen molar-refractivity contribution < 1.29 is 4.79 Å². The third-order valence-corrected chi connectivity index (χ3v) is 6.99. The molecule has 1 saturated heterocycles. The molecule has 0 spiro atoms. The van der Waals surface area contributed by atoms with Crippen LogP contribution in [0.3, 0.4) is 0 Å². The molecule has 2 unspecified atom stereocenters. The van der Waals surface area contributed by atoms with Gasteiger partial charge in [0.15, 0.2) is 5.13 Å². The van der Waals surface area contributed by atoms with Crippen molar-refractivity contribution >= 4 is 48.7 Å². The molecule has 1 aliphatic carbocycles. The summed E-state index contributed by atoms with van der Waals surface area (Å²) in [5.41, 5.74) is 2.23. The van der Waals surface area contributed by atoms with E-state index in [2.05, 4.69) is 55.1 Å². The number of anilines is 1. The van der Waals surface area contributed by atoms with Crippen molar-refractivity contribution in [3.63, 3.8) is 0 Å². The number of rotatable bonds is 3. The highest BCUT2D eigenvalue weighted by molar-refractivity contribution is 9.10. The molecule has 7 heteroatoms. The quantitative estimate of drug-likeness (QED) is 0.616. The summed E-state index contributed by atoms with van der Waals surface area (Å²) in [5, 5.41) is 1.01. The van der Waals surface area contributed by atoms with Crippen LogP contribution < -0.4 is 4.90 Å². The zero-order valence-corrected chi connectivity index (χ0v) is 17.1. The molecule has 0 radical (unpaired) electrons. The number of carbonyl (C=O) groups is 1. The number of amides is 1. The molecule has 2 fully saturated rings. The standard InChI is InChI=1S/C20H19BrN4OS/c21-14-5-3-13(4-6-14)15-12-16(15)19(26)24-8-10-25(11-9-24)20-23-17-2-1-7-22-18(17)27-20/h1-7,15-16H,8-12H2. The van der Waals surface area contributed by atoms with Gasteiger partial charge >= 0.3 is 0 Å². The van der Waals surface area contributed by atoms with E-state index >= 15 is 0 Å². The average Bonchev–Trinajstić information content (AvgIpc) is 3.38. The third kappa shape index (κ3) is 3.34. The number of pyridine rings is 1. The Morgan fingerprint density at radius 2 is 1.89 bits per heavy atom. The van der Waals surface area contributed by atoms with Crippen LogP contribution in [0.15, 0.2) is 47.1 Å². The Kier molecular flexibility index (Phi) is 4.36. The number of halogens is 1. The monoisotopic (exact) mass is 442 g/mol. The molecule has 27 heavy (non-hydrogen) atoms. The maximum atomic E-state index is 12.9. The Labute approximate surface area is 170 Å². The third-order valence-electron chi connectivity index (χ3n) is 5.42. The van der Waals surface area contributed by atoms with E-state index in [0.717, 1.165) is 52.6 Å². The van der Waals surface area contributed by atoms with Crippen molar-refractivity contribution in [1.82, 2.24) is 14.9 Å². The molecular weight excluding hydrogens is 424 g/mol. The summed E-state index contributed by atoms with van der Waals surface area (Å²) in [6.45, 7) is 3.21. The lowest BCUT2D eigenvalue weighted by atomic mass is 10.1. The van der Waals surface area contributed by atoms with Crippen LogP contribution in [-0.4, -0.2) is 47.0 Å². The van der Waals surface area contributed by atoms with Gasteiger partial charge in [-0.3, -0.25) is 4.79 Å². The number of thiazole rings is 1. The normalized spacial score (nSPS) is 22.3. The minimum atomic E-state index is 0.157. The molecule has 2 aliphatic rings. The van der Waals surface area contributed by atoms with Gasteiger partial charge in [-0.25, -0.2) is 9.97 Å². The SMILES string of the molecule is O=C(C1CC1c1ccc(Br)cc1)N1CCN(c2nc3cccnc3s2)CC1. The van der Waals surface area contributed by atoms with E-state index in [0.29, 0.717) is 11.8 Å². The summed E-state index contributed by atoms with van der Waals surface area (Å²) < 4.78 is 1.08.